The van der Waals surface area contributed by atoms with Crippen LogP contribution in [0.15, 0.2) is 24.4 Å². The average Bonchev–Trinajstić information content (AvgIpc) is 2.64. The fraction of sp³-hybridized carbons (Fsp3) is 0.250. The number of rotatable bonds is 3. The van der Waals surface area contributed by atoms with Crippen LogP contribution in [-0.2, 0) is 7.05 Å². The summed E-state index contributed by atoms with van der Waals surface area (Å²) >= 11 is 6.03. The third-order valence-corrected chi connectivity index (χ3v) is 3.06. The normalized spacial score (nSPS) is 12.7. The summed E-state index contributed by atoms with van der Waals surface area (Å²) in [4.78, 5) is 0. The number of benzene rings is 1. The molecule has 0 spiro atoms. The third-order valence-electron chi connectivity index (χ3n) is 2.77. The van der Waals surface area contributed by atoms with Gasteiger partial charge in [-0.25, -0.2) is 8.78 Å². The average molecular weight is 272 g/mol. The molecule has 1 N–H and O–H groups in total. The highest BCUT2D eigenvalue weighted by atomic mass is 35.5. The molecule has 1 aromatic carbocycles. The first-order valence-corrected chi connectivity index (χ1v) is 5.72. The summed E-state index contributed by atoms with van der Waals surface area (Å²) in [5.41, 5.74) is 0.953. The summed E-state index contributed by atoms with van der Waals surface area (Å²) in [6.45, 7) is 0. The summed E-state index contributed by atoms with van der Waals surface area (Å²) in [6.07, 6.45) is 1.49. The lowest BCUT2D eigenvalue weighted by atomic mass is 10.0. The Morgan fingerprint density at radius 3 is 2.61 bits per heavy atom. The number of hydrogen-bond acceptors (Lipinski definition) is 2. The fourth-order valence-electron chi connectivity index (χ4n) is 1.92. The van der Waals surface area contributed by atoms with Crippen LogP contribution in [0.2, 0.25) is 5.02 Å². The molecule has 1 atom stereocenters. The van der Waals surface area contributed by atoms with Crippen molar-refractivity contribution in [3.8, 4) is 0 Å². The SMILES string of the molecule is CNC(c1ccc(F)cc1F)c1c(Cl)cnn1C. The van der Waals surface area contributed by atoms with Gasteiger partial charge in [0.15, 0.2) is 0 Å². The van der Waals surface area contributed by atoms with Crippen molar-refractivity contribution in [2.75, 3.05) is 7.05 Å². The molecule has 1 aromatic heterocycles. The molecule has 0 bridgehead atoms. The second kappa shape index (κ2) is 5.04. The van der Waals surface area contributed by atoms with Crippen molar-refractivity contribution >= 4 is 11.6 Å². The van der Waals surface area contributed by atoms with Gasteiger partial charge < -0.3 is 5.32 Å². The van der Waals surface area contributed by atoms with Gasteiger partial charge in [-0.15, -0.1) is 0 Å². The number of aryl methyl sites for hydroxylation is 1. The molecule has 1 unspecified atom stereocenters. The minimum atomic E-state index is -0.619. The predicted molar refractivity (Wildman–Crippen MR) is 65.5 cm³/mol. The minimum absolute atomic E-state index is 0.324. The molecule has 2 rings (SSSR count). The van der Waals surface area contributed by atoms with E-state index >= 15 is 0 Å². The van der Waals surface area contributed by atoms with E-state index in [4.69, 9.17) is 11.6 Å². The monoisotopic (exact) mass is 271 g/mol. The van der Waals surface area contributed by atoms with Gasteiger partial charge in [-0.2, -0.15) is 5.10 Å². The Bertz CT molecular complexity index is 549. The number of halogens is 3. The maximum atomic E-state index is 13.8. The van der Waals surface area contributed by atoms with Gasteiger partial charge in [-0.05, 0) is 13.1 Å². The van der Waals surface area contributed by atoms with Crippen molar-refractivity contribution in [1.29, 1.82) is 0 Å². The minimum Gasteiger partial charge on any atom is -0.308 e. The second-order valence-corrected chi connectivity index (χ2v) is 4.30. The van der Waals surface area contributed by atoms with Gasteiger partial charge in [-0.3, -0.25) is 4.68 Å². The lowest BCUT2D eigenvalue weighted by molar-refractivity contribution is 0.536. The van der Waals surface area contributed by atoms with Crippen molar-refractivity contribution in [2.45, 2.75) is 6.04 Å². The maximum absolute atomic E-state index is 13.8. The third kappa shape index (κ3) is 2.23. The van der Waals surface area contributed by atoms with E-state index in [1.165, 1.54) is 18.3 Å². The molecule has 0 fully saturated rings. The lowest BCUT2D eigenvalue weighted by Gasteiger charge is -2.18. The fourth-order valence-corrected chi connectivity index (χ4v) is 2.20. The van der Waals surface area contributed by atoms with Crippen LogP contribution >= 0.6 is 11.6 Å². The zero-order valence-electron chi connectivity index (χ0n) is 9.92. The standard InChI is InChI=1S/C12H12ClF2N3/c1-16-11(12-9(13)6-17-18(12)2)8-4-3-7(14)5-10(8)15/h3-6,11,16H,1-2H3. The molecule has 6 heteroatoms. The van der Waals surface area contributed by atoms with Crippen molar-refractivity contribution in [3.05, 3.63) is 52.3 Å². The topological polar surface area (TPSA) is 29.9 Å². The molecule has 3 nitrogen and oxygen atoms in total. The Kier molecular flexibility index (Phi) is 3.63. The van der Waals surface area contributed by atoms with E-state index in [9.17, 15) is 8.78 Å². The lowest BCUT2D eigenvalue weighted by Crippen LogP contribution is -2.22. The van der Waals surface area contributed by atoms with Crippen LogP contribution in [0.1, 0.15) is 17.3 Å². The van der Waals surface area contributed by atoms with Crippen LogP contribution in [0.25, 0.3) is 0 Å². The Balaban J connectivity index is 2.52. The molecule has 0 saturated carbocycles. The molecule has 0 saturated heterocycles. The van der Waals surface area contributed by atoms with E-state index in [2.05, 4.69) is 10.4 Å². The molecule has 18 heavy (non-hydrogen) atoms. The Morgan fingerprint density at radius 2 is 2.11 bits per heavy atom. The maximum Gasteiger partial charge on any atom is 0.131 e. The number of nitrogens with zero attached hydrogens (tertiary/aromatic N) is 2. The van der Waals surface area contributed by atoms with Gasteiger partial charge in [-0.1, -0.05) is 17.7 Å². The van der Waals surface area contributed by atoms with E-state index in [-0.39, 0.29) is 0 Å². The zero-order chi connectivity index (χ0) is 13.3. The van der Waals surface area contributed by atoms with E-state index in [0.29, 0.717) is 16.3 Å². The Labute approximate surface area is 108 Å². The summed E-state index contributed by atoms with van der Waals surface area (Å²) < 4.78 is 28.3. The van der Waals surface area contributed by atoms with Crippen molar-refractivity contribution in [1.82, 2.24) is 15.1 Å². The van der Waals surface area contributed by atoms with Gasteiger partial charge in [0, 0.05) is 18.7 Å². The quantitative estimate of drug-likeness (QED) is 0.930. The molecule has 0 amide bonds. The summed E-state index contributed by atoms with van der Waals surface area (Å²) in [5.74, 6) is -1.23. The van der Waals surface area contributed by atoms with E-state index in [0.717, 1.165) is 6.07 Å². The first-order valence-electron chi connectivity index (χ1n) is 5.34. The van der Waals surface area contributed by atoms with E-state index in [1.807, 2.05) is 0 Å². The van der Waals surface area contributed by atoms with E-state index < -0.39 is 17.7 Å². The molecule has 96 valence electrons. The molecule has 0 aliphatic rings. The Morgan fingerprint density at radius 1 is 1.39 bits per heavy atom. The predicted octanol–water partition coefficient (Wildman–Crippen LogP) is 2.66. The van der Waals surface area contributed by atoms with Crippen molar-refractivity contribution < 1.29 is 8.78 Å². The highest BCUT2D eigenvalue weighted by Crippen LogP contribution is 2.29. The zero-order valence-corrected chi connectivity index (χ0v) is 10.7. The highest BCUT2D eigenvalue weighted by Gasteiger charge is 2.22. The first-order chi connectivity index (χ1) is 8.54. The number of aromatic nitrogens is 2. The van der Waals surface area contributed by atoms with Crippen LogP contribution in [-0.4, -0.2) is 16.8 Å². The van der Waals surface area contributed by atoms with Gasteiger partial charge in [0.25, 0.3) is 0 Å². The van der Waals surface area contributed by atoms with Crippen molar-refractivity contribution in [3.63, 3.8) is 0 Å². The van der Waals surface area contributed by atoms with Gasteiger partial charge >= 0.3 is 0 Å². The van der Waals surface area contributed by atoms with Crippen LogP contribution in [0.4, 0.5) is 8.78 Å². The Hall–Kier alpha value is -1.46. The van der Waals surface area contributed by atoms with Gasteiger partial charge in [0.2, 0.25) is 0 Å². The highest BCUT2D eigenvalue weighted by molar-refractivity contribution is 6.31. The van der Waals surface area contributed by atoms with Gasteiger partial charge in [0.1, 0.15) is 11.6 Å². The van der Waals surface area contributed by atoms with Crippen LogP contribution in [0, 0.1) is 11.6 Å². The second-order valence-electron chi connectivity index (χ2n) is 3.89. The van der Waals surface area contributed by atoms with E-state index in [1.54, 1.807) is 18.8 Å². The van der Waals surface area contributed by atoms with Crippen molar-refractivity contribution in [2.24, 2.45) is 7.05 Å². The number of hydrogen-bond donors (Lipinski definition) is 1. The summed E-state index contributed by atoms with van der Waals surface area (Å²) in [6, 6.07) is 2.98. The summed E-state index contributed by atoms with van der Waals surface area (Å²) in [5, 5.41) is 7.39. The molecule has 0 aliphatic heterocycles. The van der Waals surface area contributed by atoms with Crippen LogP contribution in [0.5, 0.6) is 0 Å². The molecule has 0 aliphatic carbocycles. The van der Waals surface area contributed by atoms with Crippen LogP contribution < -0.4 is 5.32 Å². The van der Waals surface area contributed by atoms with Crippen LogP contribution in [0.3, 0.4) is 0 Å². The number of nitrogens with one attached hydrogen (secondary N) is 1. The van der Waals surface area contributed by atoms with Gasteiger partial charge in [0.05, 0.1) is 23.0 Å². The largest absolute Gasteiger partial charge is 0.308 e. The molecular formula is C12H12ClF2N3. The smallest absolute Gasteiger partial charge is 0.131 e. The first kappa shape index (κ1) is 13.0. The molecule has 2 aromatic rings. The molecular weight excluding hydrogens is 260 g/mol. The molecule has 0 radical (unpaired) electrons. The molecule has 1 heterocycles. The summed E-state index contributed by atoms with van der Waals surface area (Å²) in [7, 11) is 3.39.